The summed E-state index contributed by atoms with van der Waals surface area (Å²) in [5.74, 6) is -0.0908. The van der Waals surface area contributed by atoms with E-state index in [0.29, 0.717) is 19.5 Å². The summed E-state index contributed by atoms with van der Waals surface area (Å²) in [6.45, 7) is 4.37. The lowest BCUT2D eigenvalue weighted by atomic mass is 10.1. The Hall–Kier alpha value is -2.14. The van der Waals surface area contributed by atoms with Crippen LogP contribution in [0, 0.1) is 6.92 Å². The third kappa shape index (κ3) is 5.20. The molecular formula is C19H21BrN2O2. The molecule has 5 heteroatoms. The van der Waals surface area contributed by atoms with Crippen LogP contribution >= 0.6 is 15.9 Å². The van der Waals surface area contributed by atoms with Gasteiger partial charge < -0.3 is 10.2 Å². The fraction of sp³-hybridized carbons (Fsp3) is 0.263. The van der Waals surface area contributed by atoms with E-state index in [9.17, 15) is 9.59 Å². The summed E-state index contributed by atoms with van der Waals surface area (Å²) in [5, 5.41) is 2.88. The molecule has 2 aromatic rings. The molecule has 0 aromatic heterocycles. The molecule has 126 valence electrons. The zero-order valence-electron chi connectivity index (χ0n) is 13.9. The summed E-state index contributed by atoms with van der Waals surface area (Å²) >= 11 is 3.40. The van der Waals surface area contributed by atoms with Crippen molar-refractivity contribution >= 4 is 33.4 Å². The van der Waals surface area contributed by atoms with Crippen molar-refractivity contribution in [3.63, 3.8) is 0 Å². The summed E-state index contributed by atoms with van der Waals surface area (Å²) in [5.41, 5.74) is 2.86. The molecule has 0 unspecified atom stereocenters. The minimum Gasteiger partial charge on any atom is -0.354 e. The van der Waals surface area contributed by atoms with Gasteiger partial charge in [-0.1, -0.05) is 46.3 Å². The zero-order chi connectivity index (χ0) is 17.5. The van der Waals surface area contributed by atoms with Crippen LogP contribution in [-0.2, 0) is 16.0 Å². The van der Waals surface area contributed by atoms with Crippen LogP contribution in [0.3, 0.4) is 0 Å². The smallest absolute Gasteiger partial charge is 0.224 e. The summed E-state index contributed by atoms with van der Waals surface area (Å²) in [7, 11) is 0. The van der Waals surface area contributed by atoms with E-state index < -0.39 is 0 Å². The summed E-state index contributed by atoms with van der Waals surface area (Å²) < 4.78 is 0.954. The van der Waals surface area contributed by atoms with E-state index in [1.165, 1.54) is 6.92 Å². The topological polar surface area (TPSA) is 49.4 Å². The van der Waals surface area contributed by atoms with Crippen LogP contribution in [0.4, 0.5) is 5.69 Å². The second-order valence-electron chi connectivity index (χ2n) is 5.61. The lowest BCUT2D eigenvalue weighted by Gasteiger charge is -2.23. The molecule has 4 nitrogen and oxygen atoms in total. The lowest BCUT2D eigenvalue weighted by Crippen LogP contribution is -2.38. The van der Waals surface area contributed by atoms with Gasteiger partial charge in [-0.15, -0.1) is 0 Å². The van der Waals surface area contributed by atoms with E-state index in [1.807, 2.05) is 55.5 Å². The predicted molar refractivity (Wildman–Crippen MR) is 100 cm³/mol. The van der Waals surface area contributed by atoms with E-state index in [-0.39, 0.29) is 11.8 Å². The van der Waals surface area contributed by atoms with Gasteiger partial charge in [-0.25, -0.2) is 0 Å². The van der Waals surface area contributed by atoms with Gasteiger partial charge in [0.2, 0.25) is 11.8 Å². The van der Waals surface area contributed by atoms with Crippen molar-refractivity contribution < 1.29 is 9.59 Å². The van der Waals surface area contributed by atoms with Crippen molar-refractivity contribution in [1.82, 2.24) is 5.32 Å². The molecule has 0 aliphatic carbocycles. The second-order valence-corrected chi connectivity index (χ2v) is 6.53. The molecule has 2 rings (SSSR count). The molecule has 2 aromatic carbocycles. The first-order valence-corrected chi connectivity index (χ1v) is 8.61. The van der Waals surface area contributed by atoms with Gasteiger partial charge in [0, 0.05) is 30.2 Å². The van der Waals surface area contributed by atoms with Gasteiger partial charge in [0.25, 0.3) is 0 Å². The van der Waals surface area contributed by atoms with E-state index in [0.717, 1.165) is 21.3 Å². The van der Waals surface area contributed by atoms with Crippen LogP contribution in [0.1, 0.15) is 18.1 Å². The molecule has 0 aliphatic rings. The van der Waals surface area contributed by atoms with Crippen molar-refractivity contribution in [2.24, 2.45) is 0 Å². The highest BCUT2D eigenvalue weighted by Gasteiger charge is 2.13. The molecule has 0 radical (unpaired) electrons. The van der Waals surface area contributed by atoms with Crippen LogP contribution in [0.5, 0.6) is 0 Å². The first-order chi connectivity index (χ1) is 11.5. The van der Waals surface area contributed by atoms with Crippen LogP contribution in [0.2, 0.25) is 0 Å². The van der Waals surface area contributed by atoms with E-state index in [4.69, 9.17) is 0 Å². The number of nitrogens with zero attached hydrogens (tertiary/aromatic N) is 1. The lowest BCUT2D eigenvalue weighted by molar-refractivity contribution is -0.121. The monoisotopic (exact) mass is 388 g/mol. The van der Waals surface area contributed by atoms with Crippen molar-refractivity contribution in [1.29, 1.82) is 0 Å². The maximum absolute atomic E-state index is 12.0. The number of halogens is 1. The number of rotatable bonds is 6. The first kappa shape index (κ1) is 18.2. The Balaban J connectivity index is 1.90. The predicted octanol–water partition coefficient (Wildman–Crippen LogP) is 3.47. The van der Waals surface area contributed by atoms with Crippen LogP contribution < -0.4 is 10.2 Å². The first-order valence-electron chi connectivity index (χ1n) is 7.82. The normalized spacial score (nSPS) is 10.3. The third-order valence-electron chi connectivity index (χ3n) is 3.70. The van der Waals surface area contributed by atoms with Crippen LogP contribution in [-0.4, -0.2) is 24.9 Å². The highest BCUT2D eigenvalue weighted by Crippen LogP contribution is 2.19. The van der Waals surface area contributed by atoms with Gasteiger partial charge in [-0.3, -0.25) is 9.59 Å². The van der Waals surface area contributed by atoms with Crippen molar-refractivity contribution in [3.8, 4) is 0 Å². The highest BCUT2D eigenvalue weighted by molar-refractivity contribution is 9.10. The fourth-order valence-electron chi connectivity index (χ4n) is 2.52. The standard InChI is InChI=1S/C19H21BrN2O2/c1-14-6-3-4-9-18(14)22(15(2)23)11-10-21-19(24)13-16-7-5-8-17(20)12-16/h3-9,12H,10-11,13H2,1-2H3,(H,21,24). The molecule has 0 saturated heterocycles. The number of hydrogen-bond donors (Lipinski definition) is 1. The third-order valence-corrected chi connectivity index (χ3v) is 4.19. The maximum atomic E-state index is 12.0. The minimum absolute atomic E-state index is 0.0365. The van der Waals surface area contributed by atoms with Gasteiger partial charge >= 0.3 is 0 Å². The quantitative estimate of drug-likeness (QED) is 0.823. The zero-order valence-corrected chi connectivity index (χ0v) is 15.5. The van der Waals surface area contributed by atoms with E-state index >= 15 is 0 Å². The summed E-state index contributed by atoms with van der Waals surface area (Å²) in [4.78, 5) is 25.6. The molecule has 0 aliphatic heterocycles. The number of para-hydroxylation sites is 1. The number of aryl methyl sites for hydroxylation is 1. The Kier molecular flexibility index (Phi) is 6.55. The summed E-state index contributed by atoms with van der Waals surface area (Å²) in [6, 6.07) is 15.4. The fourth-order valence-corrected chi connectivity index (χ4v) is 2.96. The van der Waals surface area contributed by atoms with Gasteiger partial charge in [-0.05, 0) is 36.2 Å². The largest absolute Gasteiger partial charge is 0.354 e. The van der Waals surface area contributed by atoms with Gasteiger partial charge in [0.05, 0.1) is 6.42 Å². The average molecular weight is 389 g/mol. The summed E-state index contributed by atoms with van der Waals surface area (Å²) in [6.07, 6.45) is 0.323. The number of hydrogen-bond acceptors (Lipinski definition) is 2. The van der Waals surface area contributed by atoms with Crippen LogP contribution in [0.25, 0.3) is 0 Å². The number of nitrogens with one attached hydrogen (secondary N) is 1. The molecule has 0 spiro atoms. The Bertz CT molecular complexity index is 731. The minimum atomic E-state index is -0.0543. The molecule has 24 heavy (non-hydrogen) atoms. The molecule has 2 amide bonds. The Morgan fingerprint density at radius 3 is 2.54 bits per heavy atom. The SMILES string of the molecule is CC(=O)N(CCNC(=O)Cc1cccc(Br)c1)c1ccccc1C. The van der Waals surface area contributed by atoms with Gasteiger partial charge in [0.15, 0.2) is 0 Å². The number of carbonyl (C=O) groups excluding carboxylic acids is 2. The Labute approximate surface area is 151 Å². The van der Waals surface area contributed by atoms with E-state index in [1.54, 1.807) is 4.90 Å². The number of carbonyl (C=O) groups is 2. The second kappa shape index (κ2) is 8.64. The van der Waals surface area contributed by atoms with Crippen molar-refractivity contribution in [2.45, 2.75) is 20.3 Å². The average Bonchev–Trinajstić information content (AvgIpc) is 2.52. The van der Waals surface area contributed by atoms with Crippen molar-refractivity contribution in [3.05, 3.63) is 64.1 Å². The number of amides is 2. The molecule has 1 N–H and O–H groups in total. The van der Waals surface area contributed by atoms with Crippen molar-refractivity contribution in [2.75, 3.05) is 18.0 Å². The highest BCUT2D eigenvalue weighted by atomic mass is 79.9. The number of anilines is 1. The Morgan fingerprint density at radius 1 is 1.12 bits per heavy atom. The van der Waals surface area contributed by atoms with E-state index in [2.05, 4.69) is 21.2 Å². The molecule has 0 atom stereocenters. The number of benzene rings is 2. The molecule has 0 saturated carbocycles. The van der Waals surface area contributed by atoms with Gasteiger partial charge in [0.1, 0.15) is 0 Å². The van der Waals surface area contributed by atoms with Crippen LogP contribution in [0.15, 0.2) is 53.0 Å². The molecule has 0 fully saturated rings. The molecule has 0 heterocycles. The van der Waals surface area contributed by atoms with Gasteiger partial charge in [-0.2, -0.15) is 0 Å². The maximum Gasteiger partial charge on any atom is 0.224 e. The molecular weight excluding hydrogens is 368 g/mol. The molecule has 0 bridgehead atoms. The Morgan fingerprint density at radius 2 is 1.88 bits per heavy atom.